The zero-order valence-corrected chi connectivity index (χ0v) is 14.2. The Morgan fingerprint density at radius 3 is 3.00 bits per heavy atom. The highest BCUT2D eigenvalue weighted by molar-refractivity contribution is 6.31. The Morgan fingerprint density at radius 1 is 1.28 bits per heavy atom. The predicted octanol–water partition coefficient (Wildman–Crippen LogP) is 2.85. The molecule has 1 amide bonds. The maximum Gasteiger partial charge on any atom is 0.261 e. The van der Waals surface area contributed by atoms with Crippen LogP contribution in [-0.2, 0) is 17.8 Å². The van der Waals surface area contributed by atoms with Gasteiger partial charge < -0.3 is 5.32 Å². The molecule has 0 saturated carbocycles. The molecule has 1 N–H and O–H groups in total. The van der Waals surface area contributed by atoms with Gasteiger partial charge in [0.05, 0.1) is 23.3 Å². The molecule has 0 aliphatic heterocycles. The van der Waals surface area contributed by atoms with Gasteiger partial charge in [-0.3, -0.25) is 14.2 Å². The summed E-state index contributed by atoms with van der Waals surface area (Å²) in [4.78, 5) is 29.2. The second kappa shape index (κ2) is 6.33. The van der Waals surface area contributed by atoms with Crippen LogP contribution in [0.25, 0.3) is 10.9 Å². The molecule has 0 saturated heterocycles. The minimum absolute atomic E-state index is 0.00209. The molecule has 25 heavy (non-hydrogen) atoms. The number of rotatable bonds is 3. The minimum atomic E-state index is -0.269. The van der Waals surface area contributed by atoms with Crippen molar-refractivity contribution < 1.29 is 4.79 Å². The highest BCUT2D eigenvalue weighted by Crippen LogP contribution is 2.30. The highest BCUT2D eigenvalue weighted by atomic mass is 35.5. The molecule has 1 aliphatic carbocycles. The molecule has 0 unspecified atom stereocenters. The standard InChI is InChI=1S/C19H16ClN3O2/c20-13-6-8-16-15(9-13)19(25)23(11-21-16)10-18(24)22-17-7-5-12-3-1-2-4-14(12)17/h1-4,6,8-9,11,17H,5,7,10H2,(H,22,24)/t17-/m1/s1. The van der Waals surface area contributed by atoms with Gasteiger partial charge in [-0.05, 0) is 42.2 Å². The van der Waals surface area contributed by atoms with Crippen molar-refractivity contribution in [2.24, 2.45) is 0 Å². The topological polar surface area (TPSA) is 64.0 Å². The van der Waals surface area contributed by atoms with Crippen LogP contribution in [0.4, 0.5) is 0 Å². The van der Waals surface area contributed by atoms with Gasteiger partial charge in [0.25, 0.3) is 5.56 Å². The maximum atomic E-state index is 12.5. The number of carbonyl (C=O) groups is 1. The average molecular weight is 354 g/mol. The van der Waals surface area contributed by atoms with E-state index in [9.17, 15) is 9.59 Å². The Hall–Kier alpha value is -2.66. The quantitative estimate of drug-likeness (QED) is 0.787. The van der Waals surface area contributed by atoms with E-state index in [1.54, 1.807) is 18.2 Å². The van der Waals surface area contributed by atoms with E-state index >= 15 is 0 Å². The molecule has 0 radical (unpaired) electrons. The molecule has 5 nitrogen and oxygen atoms in total. The van der Waals surface area contributed by atoms with Gasteiger partial charge in [0.2, 0.25) is 5.91 Å². The number of aryl methyl sites for hydroxylation is 1. The zero-order valence-electron chi connectivity index (χ0n) is 13.4. The number of nitrogens with zero attached hydrogens (tertiary/aromatic N) is 2. The Balaban J connectivity index is 1.55. The number of amides is 1. The van der Waals surface area contributed by atoms with E-state index in [2.05, 4.69) is 16.4 Å². The highest BCUT2D eigenvalue weighted by Gasteiger charge is 2.23. The number of aromatic nitrogens is 2. The van der Waals surface area contributed by atoms with Crippen molar-refractivity contribution in [2.45, 2.75) is 25.4 Å². The molecule has 1 heterocycles. The number of hydrogen-bond donors (Lipinski definition) is 1. The summed E-state index contributed by atoms with van der Waals surface area (Å²) in [6, 6.07) is 13.1. The number of fused-ring (bicyclic) bond motifs is 2. The van der Waals surface area contributed by atoms with E-state index in [1.165, 1.54) is 16.5 Å². The summed E-state index contributed by atoms with van der Waals surface area (Å²) in [5, 5.41) is 3.90. The third-order valence-electron chi connectivity index (χ3n) is 4.57. The third-order valence-corrected chi connectivity index (χ3v) is 4.80. The molecular formula is C19H16ClN3O2. The van der Waals surface area contributed by atoms with Crippen LogP contribution >= 0.6 is 11.6 Å². The molecule has 1 aliphatic rings. The SMILES string of the molecule is O=C(Cn1cnc2ccc(Cl)cc2c1=O)N[C@@H]1CCc2ccccc21. The minimum Gasteiger partial charge on any atom is -0.348 e. The molecule has 1 aromatic heterocycles. The van der Waals surface area contributed by atoms with Gasteiger partial charge >= 0.3 is 0 Å². The zero-order chi connectivity index (χ0) is 17.4. The van der Waals surface area contributed by atoms with E-state index < -0.39 is 0 Å². The van der Waals surface area contributed by atoms with Gasteiger partial charge in [0.1, 0.15) is 6.54 Å². The van der Waals surface area contributed by atoms with Crippen molar-refractivity contribution in [1.29, 1.82) is 0 Å². The fourth-order valence-corrected chi connectivity index (χ4v) is 3.52. The fraction of sp³-hybridized carbons (Fsp3) is 0.211. The monoisotopic (exact) mass is 353 g/mol. The summed E-state index contributed by atoms with van der Waals surface area (Å²) in [5.41, 5.74) is 2.73. The first kappa shape index (κ1) is 15.8. The van der Waals surface area contributed by atoms with Crippen LogP contribution in [0.2, 0.25) is 5.02 Å². The van der Waals surface area contributed by atoms with E-state index in [0.29, 0.717) is 15.9 Å². The Labute approximate surface area is 149 Å². The van der Waals surface area contributed by atoms with Crippen LogP contribution in [0.3, 0.4) is 0 Å². The van der Waals surface area contributed by atoms with E-state index in [4.69, 9.17) is 11.6 Å². The lowest BCUT2D eigenvalue weighted by atomic mass is 10.1. The average Bonchev–Trinajstić information content (AvgIpc) is 3.01. The normalized spacial score (nSPS) is 16.0. The van der Waals surface area contributed by atoms with E-state index in [-0.39, 0.29) is 24.1 Å². The Bertz CT molecular complexity index is 1030. The van der Waals surface area contributed by atoms with Gasteiger partial charge in [-0.2, -0.15) is 0 Å². The van der Waals surface area contributed by atoms with Crippen LogP contribution in [0.15, 0.2) is 53.6 Å². The van der Waals surface area contributed by atoms with Crippen molar-refractivity contribution in [3.8, 4) is 0 Å². The summed E-state index contributed by atoms with van der Waals surface area (Å²) >= 11 is 5.95. The van der Waals surface area contributed by atoms with Gasteiger partial charge in [-0.1, -0.05) is 35.9 Å². The van der Waals surface area contributed by atoms with E-state index in [1.807, 2.05) is 18.2 Å². The van der Waals surface area contributed by atoms with Crippen LogP contribution in [0.1, 0.15) is 23.6 Å². The Kier molecular flexibility index (Phi) is 4.01. The van der Waals surface area contributed by atoms with Crippen LogP contribution in [-0.4, -0.2) is 15.5 Å². The van der Waals surface area contributed by atoms with Crippen molar-refractivity contribution in [3.05, 3.63) is 75.3 Å². The Morgan fingerprint density at radius 2 is 2.12 bits per heavy atom. The summed E-state index contributed by atoms with van der Waals surface area (Å²) in [6.07, 6.45) is 3.24. The molecule has 6 heteroatoms. The number of carbonyl (C=O) groups excluding carboxylic acids is 1. The van der Waals surface area contributed by atoms with Crippen molar-refractivity contribution >= 4 is 28.4 Å². The fourth-order valence-electron chi connectivity index (χ4n) is 3.35. The van der Waals surface area contributed by atoms with Gasteiger partial charge in [-0.25, -0.2) is 4.98 Å². The lowest BCUT2D eigenvalue weighted by Crippen LogP contribution is -2.34. The summed E-state index contributed by atoms with van der Waals surface area (Å²) < 4.78 is 1.31. The van der Waals surface area contributed by atoms with Crippen LogP contribution < -0.4 is 10.9 Å². The molecule has 4 rings (SSSR count). The molecule has 0 fully saturated rings. The van der Waals surface area contributed by atoms with E-state index in [0.717, 1.165) is 18.4 Å². The summed E-state index contributed by atoms with van der Waals surface area (Å²) in [7, 11) is 0. The maximum absolute atomic E-state index is 12.5. The van der Waals surface area contributed by atoms with Crippen molar-refractivity contribution in [3.63, 3.8) is 0 Å². The second-order valence-corrected chi connectivity index (χ2v) is 6.63. The first-order chi connectivity index (χ1) is 12.1. The molecule has 2 aromatic carbocycles. The second-order valence-electron chi connectivity index (χ2n) is 6.20. The van der Waals surface area contributed by atoms with Gasteiger partial charge in [0, 0.05) is 5.02 Å². The molecule has 3 aromatic rings. The first-order valence-electron chi connectivity index (χ1n) is 8.14. The summed E-state index contributed by atoms with van der Waals surface area (Å²) in [6.45, 7) is -0.0625. The third kappa shape index (κ3) is 3.03. The smallest absolute Gasteiger partial charge is 0.261 e. The first-order valence-corrected chi connectivity index (χ1v) is 8.51. The number of hydrogen-bond acceptors (Lipinski definition) is 3. The van der Waals surface area contributed by atoms with Gasteiger partial charge in [-0.15, -0.1) is 0 Å². The molecule has 0 bridgehead atoms. The van der Waals surface area contributed by atoms with Crippen LogP contribution in [0.5, 0.6) is 0 Å². The molecule has 126 valence electrons. The molecular weight excluding hydrogens is 338 g/mol. The van der Waals surface area contributed by atoms with Crippen LogP contribution in [0, 0.1) is 0 Å². The predicted molar refractivity (Wildman–Crippen MR) is 96.7 cm³/mol. The number of nitrogens with one attached hydrogen (secondary N) is 1. The molecule has 1 atom stereocenters. The number of benzene rings is 2. The largest absolute Gasteiger partial charge is 0.348 e. The molecule has 0 spiro atoms. The lowest BCUT2D eigenvalue weighted by molar-refractivity contribution is -0.122. The lowest BCUT2D eigenvalue weighted by Gasteiger charge is -2.15. The summed E-state index contributed by atoms with van der Waals surface area (Å²) in [5.74, 6) is -0.202. The van der Waals surface area contributed by atoms with Crippen molar-refractivity contribution in [1.82, 2.24) is 14.9 Å². The van der Waals surface area contributed by atoms with Gasteiger partial charge in [0.15, 0.2) is 0 Å². The van der Waals surface area contributed by atoms with Crippen molar-refractivity contribution in [2.75, 3.05) is 0 Å². The number of halogens is 1.